The third-order valence-corrected chi connectivity index (χ3v) is 3.82. The monoisotopic (exact) mass is 312 g/mol. The molecular weight excluding hydrogens is 292 g/mol. The molecule has 1 N–H and O–H groups in total. The summed E-state index contributed by atoms with van der Waals surface area (Å²) in [6, 6.07) is 9.57. The molecule has 1 aliphatic rings. The Hall–Kier alpha value is -2.76. The SMILES string of the molecule is CCN1Cc2c(Oc3cccc(N(C)C)c3)ccnc2NC1=O. The minimum atomic E-state index is -0.126. The van der Waals surface area contributed by atoms with Crippen LogP contribution >= 0.6 is 0 Å². The summed E-state index contributed by atoms with van der Waals surface area (Å²) in [4.78, 5) is 19.9. The van der Waals surface area contributed by atoms with Crippen LogP contribution < -0.4 is 15.0 Å². The molecule has 2 amide bonds. The lowest BCUT2D eigenvalue weighted by atomic mass is 10.2. The molecular formula is C17H20N4O2. The highest BCUT2D eigenvalue weighted by Gasteiger charge is 2.25. The number of benzene rings is 1. The van der Waals surface area contributed by atoms with Crippen LogP contribution in [0.25, 0.3) is 0 Å². The maximum atomic E-state index is 11.9. The Morgan fingerprint density at radius 1 is 1.35 bits per heavy atom. The van der Waals surface area contributed by atoms with Gasteiger partial charge in [0.2, 0.25) is 0 Å². The molecule has 0 aliphatic carbocycles. The summed E-state index contributed by atoms with van der Waals surface area (Å²) in [6.45, 7) is 3.08. The second kappa shape index (κ2) is 6.16. The van der Waals surface area contributed by atoms with Crippen LogP contribution in [0.3, 0.4) is 0 Å². The van der Waals surface area contributed by atoms with Crippen LogP contribution in [-0.2, 0) is 6.54 Å². The van der Waals surface area contributed by atoms with Crippen molar-refractivity contribution in [3.8, 4) is 11.5 Å². The molecule has 2 aromatic rings. The lowest BCUT2D eigenvalue weighted by Crippen LogP contribution is -2.38. The topological polar surface area (TPSA) is 57.7 Å². The van der Waals surface area contributed by atoms with Gasteiger partial charge in [-0.15, -0.1) is 0 Å². The van der Waals surface area contributed by atoms with Gasteiger partial charge in [0.1, 0.15) is 17.3 Å². The summed E-state index contributed by atoms with van der Waals surface area (Å²) in [7, 11) is 3.98. The van der Waals surface area contributed by atoms with E-state index in [2.05, 4.69) is 10.3 Å². The molecule has 6 nitrogen and oxygen atoms in total. The van der Waals surface area contributed by atoms with Gasteiger partial charge in [-0.2, -0.15) is 0 Å². The number of aromatic nitrogens is 1. The molecule has 120 valence electrons. The summed E-state index contributed by atoms with van der Waals surface area (Å²) in [5, 5.41) is 2.80. The number of amides is 2. The molecule has 3 rings (SSSR count). The summed E-state index contributed by atoms with van der Waals surface area (Å²) in [5.74, 6) is 2.04. The zero-order chi connectivity index (χ0) is 16.4. The van der Waals surface area contributed by atoms with E-state index in [0.717, 1.165) is 17.0 Å². The number of ether oxygens (including phenoxy) is 1. The summed E-state index contributed by atoms with van der Waals surface area (Å²) in [6.07, 6.45) is 1.64. The van der Waals surface area contributed by atoms with Crippen molar-refractivity contribution in [2.75, 3.05) is 30.9 Å². The predicted octanol–water partition coefficient (Wildman–Crippen LogP) is 3.31. The first kappa shape index (κ1) is 15.1. The number of anilines is 2. The Balaban J connectivity index is 1.91. The third kappa shape index (κ3) is 3.06. The number of nitrogens with one attached hydrogen (secondary N) is 1. The molecule has 6 heteroatoms. The molecule has 1 aromatic heterocycles. The Morgan fingerprint density at radius 2 is 2.17 bits per heavy atom. The fourth-order valence-corrected chi connectivity index (χ4v) is 2.48. The van der Waals surface area contributed by atoms with Gasteiger partial charge >= 0.3 is 6.03 Å². The number of nitrogens with zero attached hydrogens (tertiary/aromatic N) is 3. The van der Waals surface area contributed by atoms with Crippen molar-refractivity contribution in [1.82, 2.24) is 9.88 Å². The normalized spacial score (nSPS) is 13.3. The number of fused-ring (bicyclic) bond motifs is 1. The highest BCUT2D eigenvalue weighted by molar-refractivity contribution is 5.91. The Morgan fingerprint density at radius 3 is 2.91 bits per heavy atom. The number of rotatable bonds is 4. The van der Waals surface area contributed by atoms with E-state index in [9.17, 15) is 4.79 Å². The number of urea groups is 1. The lowest BCUT2D eigenvalue weighted by molar-refractivity contribution is 0.209. The van der Waals surface area contributed by atoms with Crippen molar-refractivity contribution in [3.05, 3.63) is 42.1 Å². The zero-order valence-electron chi connectivity index (χ0n) is 13.5. The largest absolute Gasteiger partial charge is 0.457 e. The van der Waals surface area contributed by atoms with Gasteiger partial charge < -0.3 is 14.5 Å². The van der Waals surface area contributed by atoms with E-state index in [1.807, 2.05) is 56.3 Å². The molecule has 0 radical (unpaired) electrons. The van der Waals surface area contributed by atoms with Crippen molar-refractivity contribution in [1.29, 1.82) is 0 Å². The quantitative estimate of drug-likeness (QED) is 0.941. The number of pyridine rings is 1. The maximum Gasteiger partial charge on any atom is 0.323 e. The van der Waals surface area contributed by atoms with Gasteiger partial charge in [0.15, 0.2) is 0 Å². The first-order chi connectivity index (χ1) is 11.1. The van der Waals surface area contributed by atoms with Gasteiger partial charge in [-0.3, -0.25) is 5.32 Å². The fourth-order valence-electron chi connectivity index (χ4n) is 2.48. The van der Waals surface area contributed by atoms with Gasteiger partial charge in [0, 0.05) is 38.6 Å². The molecule has 0 unspecified atom stereocenters. The number of carbonyl (C=O) groups excluding carboxylic acids is 1. The molecule has 2 heterocycles. The second-order valence-corrected chi connectivity index (χ2v) is 5.57. The first-order valence-electron chi connectivity index (χ1n) is 7.57. The van der Waals surface area contributed by atoms with E-state index in [4.69, 9.17) is 4.74 Å². The van der Waals surface area contributed by atoms with Crippen LogP contribution in [0.5, 0.6) is 11.5 Å². The van der Waals surface area contributed by atoms with Gasteiger partial charge in [-0.1, -0.05) is 6.07 Å². The smallest absolute Gasteiger partial charge is 0.323 e. The summed E-state index contributed by atoms with van der Waals surface area (Å²) < 4.78 is 6.05. The van der Waals surface area contributed by atoms with Gasteiger partial charge in [-0.05, 0) is 25.1 Å². The van der Waals surface area contributed by atoms with Crippen molar-refractivity contribution in [2.45, 2.75) is 13.5 Å². The molecule has 1 aromatic carbocycles. The molecule has 0 atom stereocenters. The van der Waals surface area contributed by atoms with E-state index in [0.29, 0.717) is 24.7 Å². The molecule has 0 fully saturated rings. The van der Waals surface area contributed by atoms with Crippen molar-refractivity contribution in [3.63, 3.8) is 0 Å². The van der Waals surface area contributed by atoms with Gasteiger partial charge in [0.25, 0.3) is 0 Å². The molecule has 23 heavy (non-hydrogen) atoms. The first-order valence-corrected chi connectivity index (χ1v) is 7.57. The van der Waals surface area contributed by atoms with Gasteiger partial charge in [0.05, 0.1) is 12.1 Å². The highest BCUT2D eigenvalue weighted by Crippen LogP contribution is 2.33. The summed E-state index contributed by atoms with van der Waals surface area (Å²) >= 11 is 0. The van der Waals surface area contributed by atoms with E-state index in [-0.39, 0.29) is 6.03 Å². The number of carbonyl (C=O) groups is 1. The van der Waals surface area contributed by atoms with Gasteiger partial charge in [-0.25, -0.2) is 9.78 Å². The second-order valence-electron chi connectivity index (χ2n) is 5.57. The summed E-state index contributed by atoms with van der Waals surface area (Å²) in [5.41, 5.74) is 1.96. The maximum absolute atomic E-state index is 11.9. The van der Waals surface area contributed by atoms with Crippen LogP contribution in [0.1, 0.15) is 12.5 Å². The highest BCUT2D eigenvalue weighted by atomic mass is 16.5. The van der Waals surface area contributed by atoms with E-state index >= 15 is 0 Å². The minimum absolute atomic E-state index is 0.126. The van der Waals surface area contributed by atoms with Crippen LogP contribution in [-0.4, -0.2) is 36.6 Å². The molecule has 0 saturated heterocycles. The van der Waals surface area contributed by atoms with Crippen LogP contribution in [0, 0.1) is 0 Å². The van der Waals surface area contributed by atoms with Crippen LogP contribution in [0.2, 0.25) is 0 Å². The minimum Gasteiger partial charge on any atom is -0.457 e. The Kier molecular flexibility index (Phi) is 4.06. The van der Waals surface area contributed by atoms with Crippen molar-refractivity contribution in [2.24, 2.45) is 0 Å². The molecule has 1 aliphatic heterocycles. The third-order valence-electron chi connectivity index (χ3n) is 3.82. The standard InChI is InChI=1S/C17H20N4O2/c1-4-21-11-14-15(8-9-18-16(14)19-17(21)22)23-13-7-5-6-12(10-13)20(2)3/h5-10H,4,11H2,1-3H3,(H,18,19,22). The van der Waals surface area contributed by atoms with E-state index in [1.54, 1.807) is 11.1 Å². The van der Waals surface area contributed by atoms with Crippen LogP contribution in [0.15, 0.2) is 36.5 Å². The average Bonchev–Trinajstić information content (AvgIpc) is 2.54. The number of hydrogen-bond donors (Lipinski definition) is 1. The Labute approximate surface area is 135 Å². The number of hydrogen-bond acceptors (Lipinski definition) is 4. The average molecular weight is 312 g/mol. The molecule has 0 spiro atoms. The molecule has 0 bridgehead atoms. The van der Waals surface area contributed by atoms with E-state index in [1.165, 1.54) is 0 Å². The predicted molar refractivity (Wildman–Crippen MR) is 90.2 cm³/mol. The Bertz CT molecular complexity index is 730. The van der Waals surface area contributed by atoms with Crippen molar-refractivity contribution >= 4 is 17.5 Å². The van der Waals surface area contributed by atoms with Crippen molar-refractivity contribution < 1.29 is 9.53 Å². The lowest BCUT2D eigenvalue weighted by Gasteiger charge is -2.28. The molecule has 0 saturated carbocycles. The van der Waals surface area contributed by atoms with E-state index < -0.39 is 0 Å². The zero-order valence-corrected chi connectivity index (χ0v) is 13.5. The van der Waals surface area contributed by atoms with Crippen LogP contribution in [0.4, 0.5) is 16.3 Å². The fraction of sp³-hybridized carbons (Fsp3) is 0.294.